The molecule has 7 nitrogen and oxygen atoms in total. The molecular formula is C26H30N4O3S. The first-order valence-electron chi connectivity index (χ1n) is 11.3. The third-order valence-electron chi connectivity index (χ3n) is 6.28. The van der Waals surface area contributed by atoms with E-state index in [2.05, 4.69) is 39.7 Å². The zero-order valence-electron chi connectivity index (χ0n) is 19.9. The fraction of sp³-hybridized carbons (Fsp3) is 0.346. The van der Waals surface area contributed by atoms with Crippen LogP contribution in [0.25, 0.3) is 5.69 Å². The van der Waals surface area contributed by atoms with Gasteiger partial charge in [0.15, 0.2) is 5.11 Å². The molecule has 1 saturated heterocycles. The molecule has 1 aliphatic heterocycles. The van der Waals surface area contributed by atoms with Crippen LogP contribution in [0.3, 0.4) is 0 Å². The van der Waals surface area contributed by atoms with E-state index < -0.39 is 0 Å². The molecule has 0 spiro atoms. The summed E-state index contributed by atoms with van der Waals surface area (Å²) < 4.78 is 12.3. The van der Waals surface area contributed by atoms with E-state index in [1.165, 1.54) is 12.7 Å². The summed E-state index contributed by atoms with van der Waals surface area (Å²) >= 11 is 5.77. The predicted octanol–water partition coefficient (Wildman–Crippen LogP) is 4.28. The Morgan fingerprint density at radius 1 is 1.15 bits per heavy atom. The highest BCUT2D eigenvalue weighted by Crippen LogP contribution is 2.41. The largest absolute Gasteiger partial charge is 0.465 e. The molecule has 178 valence electrons. The molecule has 2 aromatic heterocycles. The molecule has 3 aromatic rings. The number of carbonyl (C=O) groups is 1. The number of methoxy groups -OCH3 is 2. The smallest absolute Gasteiger partial charge is 0.337 e. The quantitative estimate of drug-likeness (QED) is 0.294. The summed E-state index contributed by atoms with van der Waals surface area (Å²) in [6, 6.07) is 15.6. The lowest BCUT2D eigenvalue weighted by Crippen LogP contribution is -2.31. The number of benzene rings is 1. The van der Waals surface area contributed by atoms with Crippen molar-refractivity contribution in [3.8, 4) is 5.69 Å². The molecule has 1 aromatic carbocycles. The number of aromatic nitrogens is 2. The molecule has 0 bridgehead atoms. The zero-order valence-corrected chi connectivity index (χ0v) is 20.8. The van der Waals surface area contributed by atoms with E-state index in [1.54, 1.807) is 19.2 Å². The second-order valence-electron chi connectivity index (χ2n) is 8.37. The molecule has 34 heavy (non-hydrogen) atoms. The van der Waals surface area contributed by atoms with Gasteiger partial charge in [-0.3, -0.25) is 4.98 Å². The van der Waals surface area contributed by atoms with E-state index in [0.29, 0.717) is 12.2 Å². The average molecular weight is 479 g/mol. The summed E-state index contributed by atoms with van der Waals surface area (Å²) in [6.45, 7) is 5.67. The van der Waals surface area contributed by atoms with Crippen LogP contribution < -0.4 is 5.32 Å². The van der Waals surface area contributed by atoms with E-state index in [9.17, 15) is 4.79 Å². The lowest BCUT2D eigenvalue weighted by molar-refractivity contribution is 0.0600. The zero-order chi connectivity index (χ0) is 24.2. The number of nitrogens with one attached hydrogen (secondary N) is 1. The highest BCUT2D eigenvalue weighted by atomic mass is 32.1. The van der Waals surface area contributed by atoms with Crippen molar-refractivity contribution in [3.05, 3.63) is 82.9 Å². The number of aryl methyl sites for hydroxylation is 1. The van der Waals surface area contributed by atoms with Gasteiger partial charge in [0.25, 0.3) is 0 Å². The SMILES string of the molecule is COCCCN1C(=S)NC(c2ccccn2)C1c1cc(C)n(-c2ccc(C(=O)OC)cc2)c1C. The van der Waals surface area contributed by atoms with Crippen molar-refractivity contribution in [1.29, 1.82) is 0 Å². The molecule has 2 atom stereocenters. The lowest BCUT2D eigenvalue weighted by Gasteiger charge is -2.28. The maximum Gasteiger partial charge on any atom is 0.337 e. The minimum absolute atomic E-state index is 0.00597. The second-order valence-corrected chi connectivity index (χ2v) is 8.75. The van der Waals surface area contributed by atoms with Crippen molar-refractivity contribution in [1.82, 2.24) is 19.8 Å². The van der Waals surface area contributed by atoms with Gasteiger partial charge in [-0.15, -0.1) is 0 Å². The van der Waals surface area contributed by atoms with Gasteiger partial charge in [-0.25, -0.2) is 4.79 Å². The monoisotopic (exact) mass is 478 g/mol. The van der Waals surface area contributed by atoms with Crippen LogP contribution in [0.4, 0.5) is 0 Å². The summed E-state index contributed by atoms with van der Waals surface area (Å²) in [5, 5.41) is 4.24. The Hall–Kier alpha value is -3.23. The first-order chi connectivity index (χ1) is 16.5. The predicted molar refractivity (Wildman–Crippen MR) is 135 cm³/mol. The number of hydrogen-bond donors (Lipinski definition) is 1. The van der Waals surface area contributed by atoms with Gasteiger partial charge < -0.3 is 24.3 Å². The third kappa shape index (κ3) is 4.56. The maximum atomic E-state index is 11.9. The number of rotatable bonds is 8. The minimum Gasteiger partial charge on any atom is -0.465 e. The highest BCUT2D eigenvalue weighted by molar-refractivity contribution is 7.80. The van der Waals surface area contributed by atoms with Gasteiger partial charge in [0, 0.05) is 43.5 Å². The average Bonchev–Trinajstić information content (AvgIpc) is 3.34. The number of pyridine rings is 1. The first kappa shape index (κ1) is 23.9. The van der Waals surface area contributed by atoms with Crippen LogP contribution in [0.1, 0.15) is 51.5 Å². The third-order valence-corrected chi connectivity index (χ3v) is 6.63. The van der Waals surface area contributed by atoms with Crippen LogP contribution in [0.2, 0.25) is 0 Å². The van der Waals surface area contributed by atoms with E-state index in [1.807, 2.05) is 36.5 Å². The molecule has 0 saturated carbocycles. The first-order valence-corrected chi connectivity index (χ1v) is 11.7. The molecule has 3 heterocycles. The standard InChI is InChI=1S/C26H30N4O3S/c1-17-16-21(18(2)30(17)20-11-9-19(10-12-20)25(31)33-4)24-23(22-8-5-6-13-27-22)28-26(34)29(24)14-7-15-32-3/h5-6,8-13,16,23-24H,7,14-15H2,1-4H3,(H,28,34). The fourth-order valence-electron chi connectivity index (χ4n) is 4.71. The van der Waals surface area contributed by atoms with E-state index in [0.717, 1.165) is 40.8 Å². The van der Waals surface area contributed by atoms with E-state index in [4.69, 9.17) is 21.7 Å². The van der Waals surface area contributed by atoms with E-state index >= 15 is 0 Å². The number of carbonyl (C=O) groups excluding carboxylic acids is 1. The van der Waals surface area contributed by atoms with Crippen LogP contribution in [-0.2, 0) is 9.47 Å². The fourth-order valence-corrected chi connectivity index (χ4v) is 5.04. The van der Waals surface area contributed by atoms with Crippen molar-refractivity contribution < 1.29 is 14.3 Å². The van der Waals surface area contributed by atoms with Crippen molar-refractivity contribution in [2.45, 2.75) is 32.4 Å². The molecule has 2 unspecified atom stereocenters. The van der Waals surface area contributed by atoms with E-state index in [-0.39, 0.29) is 18.1 Å². The van der Waals surface area contributed by atoms with Crippen molar-refractivity contribution in [2.24, 2.45) is 0 Å². The van der Waals surface area contributed by atoms with Gasteiger partial charge in [0.05, 0.1) is 30.5 Å². The van der Waals surface area contributed by atoms with Crippen molar-refractivity contribution >= 4 is 23.3 Å². The van der Waals surface area contributed by atoms with Crippen LogP contribution in [0, 0.1) is 13.8 Å². The van der Waals surface area contributed by atoms with Crippen molar-refractivity contribution in [3.63, 3.8) is 0 Å². The van der Waals surface area contributed by atoms with Gasteiger partial charge in [0.1, 0.15) is 0 Å². The maximum absolute atomic E-state index is 11.9. The molecule has 1 aliphatic rings. The summed E-state index contributed by atoms with van der Waals surface area (Å²) in [6.07, 6.45) is 2.69. The molecule has 1 N–H and O–H groups in total. The topological polar surface area (TPSA) is 68.6 Å². The Morgan fingerprint density at radius 3 is 2.56 bits per heavy atom. The number of ether oxygens (including phenoxy) is 2. The Bertz CT molecular complexity index is 1160. The normalized spacial score (nSPS) is 17.6. The number of esters is 1. The number of nitrogens with zero attached hydrogens (tertiary/aromatic N) is 3. The van der Waals surface area contributed by atoms with Gasteiger partial charge in [-0.05, 0) is 80.5 Å². The number of hydrogen-bond acceptors (Lipinski definition) is 5. The summed E-state index contributed by atoms with van der Waals surface area (Å²) in [7, 11) is 3.10. The molecule has 1 fully saturated rings. The summed E-state index contributed by atoms with van der Waals surface area (Å²) in [4.78, 5) is 18.7. The molecule has 4 rings (SSSR count). The molecule has 0 amide bonds. The Balaban J connectivity index is 1.75. The van der Waals surface area contributed by atoms with Crippen LogP contribution in [0.15, 0.2) is 54.7 Å². The Labute approximate surface area is 205 Å². The van der Waals surface area contributed by atoms with Crippen LogP contribution in [-0.4, -0.2) is 52.9 Å². The molecule has 0 radical (unpaired) electrons. The number of thiocarbonyl (C=S) groups is 1. The van der Waals surface area contributed by atoms with Gasteiger partial charge in [-0.1, -0.05) is 6.07 Å². The van der Waals surface area contributed by atoms with Gasteiger partial charge in [0.2, 0.25) is 0 Å². The molecule has 8 heteroatoms. The molecular weight excluding hydrogens is 448 g/mol. The second kappa shape index (κ2) is 10.4. The summed E-state index contributed by atoms with van der Waals surface area (Å²) in [5.41, 5.74) is 5.89. The van der Waals surface area contributed by atoms with Gasteiger partial charge in [-0.2, -0.15) is 0 Å². The Kier molecular flexibility index (Phi) is 7.29. The molecule has 0 aliphatic carbocycles. The van der Waals surface area contributed by atoms with Crippen LogP contribution in [0.5, 0.6) is 0 Å². The summed E-state index contributed by atoms with van der Waals surface area (Å²) in [5.74, 6) is -0.344. The van der Waals surface area contributed by atoms with Crippen molar-refractivity contribution in [2.75, 3.05) is 27.4 Å². The minimum atomic E-state index is -0.344. The lowest BCUT2D eigenvalue weighted by atomic mass is 9.96. The van der Waals surface area contributed by atoms with Gasteiger partial charge >= 0.3 is 5.97 Å². The van der Waals surface area contributed by atoms with Crippen LogP contribution >= 0.6 is 12.2 Å². The Morgan fingerprint density at radius 2 is 1.91 bits per heavy atom. The highest BCUT2D eigenvalue weighted by Gasteiger charge is 2.41.